The van der Waals surface area contributed by atoms with Crippen LogP contribution in [0.1, 0.15) is 13.3 Å². The maximum absolute atomic E-state index is 10.5. The Labute approximate surface area is 111 Å². The standard InChI is InChI=1S/C14H16N2O3/c1-2-19-12-5-3-11(4-6-12)13-9-16(10-15-13)8-7-14(17)18/h3-6,9-10H,2,7-8H2,1H3,(H,17,18). The highest BCUT2D eigenvalue weighted by atomic mass is 16.5. The van der Waals surface area contributed by atoms with E-state index in [2.05, 4.69) is 4.98 Å². The average Bonchev–Trinajstić information content (AvgIpc) is 2.86. The Bertz CT molecular complexity index is 546. The van der Waals surface area contributed by atoms with Crippen molar-refractivity contribution in [2.45, 2.75) is 19.9 Å². The third-order valence-corrected chi connectivity index (χ3v) is 2.68. The Morgan fingerprint density at radius 2 is 2.11 bits per heavy atom. The minimum atomic E-state index is -0.809. The number of nitrogens with zero attached hydrogens (tertiary/aromatic N) is 2. The van der Waals surface area contributed by atoms with Gasteiger partial charge < -0.3 is 14.4 Å². The van der Waals surface area contributed by atoms with Crippen molar-refractivity contribution >= 4 is 5.97 Å². The van der Waals surface area contributed by atoms with Crippen LogP contribution in [0.2, 0.25) is 0 Å². The van der Waals surface area contributed by atoms with E-state index >= 15 is 0 Å². The lowest BCUT2D eigenvalue weighted by Gasteiger charge is -2.03. The molecule has 0 aliphatic rings. The predicted octanol–water partition coefficient (Wildman–Crippen LogP) is 2.42. The Morgan fingerprint density at radius 3 is 2.74 bits per heavy atom. The van der Waals surface area contributed by atoms with E-state index in [1.54, 1.807) is 10.9 Å². The molecule has 2 rings (SSSR count). The molecule has 100 valence electrons. The van der Waals surface area contributed by atoms with Gasteiger partial charge in [0.15, 0.2) is 0 Å². The molecule has 5 nitrogen and oxygen atoms in total. The van der Waals surface area contributed by atoms with Crippen LogP contribution in [0.15, 0.2) is 36.8 Å². The zero-order valence-corrected chi connectivity index (χ0v) is 10.7. The molecule has 0 spiro atoms. The second kappa shape index (κ2) is 6.04. The van der Waals surface area contributed by atoms with Crippen LogP contribution in [0.4, 0.5) is 0 Å². The van der Waals surface area contributed by atoms with Crippen LogP contribution in [-0.4, -0.2) is 27.2 Å². The van der Waals surface area contributed by atoms with Gasteiger partial charge in [-0.2, -0.15) is 0 Å². The summed E-state index contributed by atoms with van der Waals surface area (Å²) in [6.45, 7) is 3.01. The van der Waals surface area contributed by atoms with Gasteiger partial charge in [0.05, 0.1) is 25.0 Å². The largest absolute Gasteiger partial charge is 0.494 e. The number of benzene rings is 1. The minimum absolute atomic E-state index is 0.0963. The van der Waals surface area contributed by atoms with Gasteiger partial charge in [0.25, 0.3) is 0 Å². The van der Waals surface area contributed by atoms with Gasteiger partial charge in [0.2, 0.25) is 0 Å². The minimum Gasteiger partial charge on any atom is -0.494 e. The van der Waals surface area contributed by atoms with E-state index in [4.69, 9.17) is 9.84 Å². The van der Waals surface area contributed by atoms with Crippen molar-refractivity contribution in [3.8, 4) is 17.0 Å². The van der Waals surface area contributed by atoms with Gasteiger partial charge in [-0.05, 0) is 31.2 Å². The summed E-state index contributed by atoms with van der Waals surface area (Å²) in [6.07, 6.45) is 3.59. The number of rotatable bonds is 6. The molecular formula is C14H16N2O3. The molecule has 0 amide bonds. The lowest BCUT2D eigenvalue weighted by Crippen LogP contribution is -2.02. The van der Waals surface area contributed by atoms with Crippen molar-refractivity contribution in [2.24, 2.45) is 0 Å². The number of carboxylic acid groups (broad SMARTS) is 1. The van der Waals surface area contributed by atoms with Gasteiger partial charge in [-0.3, -0.25) is 4.79 Å². The summed E-state index contributed by atoms with van der Waals surface area (Å²) in [5.41, 5.74) is 1.81. The fourth-order valence-corrected chi connectivity index (χ4v) is 1.74. The van der Waals surface area contributed by atoms with Gasteiger partial charge in [-0.1, -0.05) is 0 Å². The second-order valence-electron chi connectivity index (χ2n) is 4.10. The molecule has 0 unspecified atom stereocenters. The number of imidazole rings is 1. The number of carbonyl (C=O) groups is 1. The first-order chi connectivity index (χ1) is 9.19. The van der Waals surface area contributed by atoms with E-state index in [1.165, 1.54) is 0 Å². The molecule has 1 heterocycles. The van der Waals surface area contributed by atoms with Crippen molar-refractivity contribution in [3.63, 3.8) is 0 Å². The lowest BCUT2D eigenvalue weighted by molar-refractivity contribution is -0.137. The molecule has 5 heteroatoms. The van der Waals surface area contributed by atoms with E-state index < -0.39 is 5.97 Å². The molecule has 0 aliphatic heterocycles. The topological polar surface area (TPSA) is 64.3 Å². The summed E-state index contributed by atoms with van der Waals surface area (Å²) < 4.78 is 7.15. The Morgan fingerprint density at radius 1 is 1.37 bits per heavy atom. The number of aryl methyl sites for hydroxylation is 1. The van der Waals surface area contributed by atoms with Crippen LogP contribution >= 0.6 is 0 Å². The van der Waals surface area contributed by atoms with E-state index in [0.29, 0.717) is 13.2 Å². The zero-order valence-electron chi connectivity index (χ0n) is 10.7. The molecule has 0 bridgehead atoms. The maximum Gasteiger partial charge on any atom is 0.305 e. The van der Waals surface area contributed by atoms with Gasteiger partial charge in [0.1, 0.15) is 5.75 Å². The fourth-order valence-electron chi connectivity index (χ4n) is 1.74. The number of aliphatic carboxylic acids is 1. The van der Waals surface area contributed by atoms with Crippen molar-refractivity contribution in [1.82, 2.24) is 9.55 Å². The number of aromatic nitrogens is 2. The van der Waals surface area contributed by atoms with Crippen LogP contribution in [0.5, 0.6) is 5.75 Å². The summed E-state index contributed by atoms with van der Waals surface area (Å²) in [5.74, 6) is 0.0212. The van der Waals surface area contributed by atoms with Crippen LogP contribution in [0.3, 0.4) is 0 Å². The molecule has 0 saturated heterocycles. The van der Waals surface area contributed by atoms with Gasteiger partial charge in [-0.25, -0.2) is 4.98 Å². The smallest absolute Gasteiger partial charge is 0.305 e. The molecule has 1 aromatic heterocycles. The Hall–Kier alpha value is -2.30. The van der Waals surface area contributed by atoms with Crippen molar-refractivity contribution in [1.29, 1.82) is 0 Å². The quantitative estimate of drug-likeness (QED) is 0.866. The maximum atomic E-state index is 10.5. The van der Waals surface area contributed by atoms with E-state index in [-0.39, 0.29) is 6.42 Å². The molecule has 2 aromatic rings. The first-order valence-electron chi connectivity index (χ1n) is 6.16. The molecule has 1 aromatic carbocycles. The number of hydrogen-bond acceptors (Lipinski definition) is 3. The lowest BCUT2D eigenvalue weighted by atomic mass is 10.2. The normalized spacial score (nSPS) is 10.4. The molecule has 0 aliphatic carbocycles. The number of carboxylic acids is 1. The number of hydrogen-bond donors (Lipinski definition) is 1. The van der Waals surface area contributed by atoms with Gasteiger partial charge in [0, 0.05) is 18.3 Å². The molecule has 0 fully saturated rings. The van der Waals surface area contributed by atoms with Crippen molar-refractivity contribution < 1.29 is 14.6 Å². The third-order valence-electron chi connectivity index (χ3n) is 2.68. The van der Waals surface area contributed by atoms with E-state index in [1.807, 2.05) is 37.4 Å². The van der Waals surface area contributed by atoms with Crippen molar-refractivity contribution in [3.05, 3.63) is 36.8 Å². The van der Waals surface area contributed by atoms with Crippen molar-refractivity contribution in [2.75, 3.05) is 6.61 Å². The zero-order chi connectivity index (χ0) is 13.7. The van der Waals surface area contributed by atoms with Crippen LogP contribution in [0.25, 0.3) is 11.3 Å². The van der Waals surface area contributed by atoms with Crippen LogP contribution < -0.4 is 4.74 Å². The molecule has 0 atom stereocenters. The Balaban J connectivity index is 2.07. The predicted molar refractivity (Wildman–Crippen MR) is 71.1 cm³/mol. The SMILES string of the molecule is CCOc1ccc(-c2cn(CCC(=O)O)cn2)cc1. The Kier molecular flexibility index (Phi) is 4.18. The first kappa shape index (κ1) is 13.1. The highest BCUT2D eigenvalue weighted by Gasteiger charge is 2.04. The molecule has 1 N–H and O–H groups in total. The van der Waals surface area contributed by atoms with Gasteiger partial charge in [-0.15, -0.1) is 0 Å². The summed E-state index contributed by atoms with van der Waals surface area (Å²) in [6, 6.07) is 7.67. The summed E-state index contributed by atoms with van der Waals surface area (Å²) >= 11 is 0. The second-order valence-corrected chi connectivity index (χ2v) is 4.10. The third kappa shape index (κ3) is 3.58. The van der Waals surface area contributed by atoms with Crippen LogP contribution in [0, 0.1) is 0 Å². The van der Waals surface area contributed by atoms with E-state index in [0.717, 1.165) is 17.0 Å². The molecule has 0 saturated carbocycles. The summed E-state index contributed by atoms with van der Waals surface area (Å²) in [7, 11) is 0. The highest BCUT2D eigenvalue weighted by molar-refractivity contribution is 5.66. The fraction of sp³-hybridized carbons (Fsp3) is 0.286. The number of ether oxygens (including phenoxy) is 1. The summed E-state index contributed by atoms with van der Waals surface area (Å²) in [5, 5.41) is 8.63. The first-order valence-corrected chi connectivity index (χ1v) is 6.16. The van der Waals surface area contributed by atoms with Gasteiger partial charge >= 0.3 is 5.97 Å². The average molecular weight is 260 g/mol. The molecule has 19 heavy (non-hydrogen) atoms. The van der Waals surface area contributed by atoms with E-state index in [9.17, 15) is 4.79 Å². The summed E-state index contributed by atoms with van der Waals surface area (Å²) in [4.78, 5) is 14.8. The van der Waals surface area contributed by atoms with Crippen LogP contribution in [-0.2, 0) is 11.3 Å². The molecule has 0 radical (unpaired) electrons. The highest BCUT2D eigenvalue weighted by Crippen LogP contribution is 2.20. The monoisotopic (exact) mass is 260 g/mol. The molecular weight excluding hydrogens is 244 g/mol.